The van der Waals surface area contributed by atoms with Gasteiger partial charge in [-0.1, -0.05) is 6.07 Å². The summed E-state index contributed by atoms with van der Waals surface area (Å²) in [6.07, 6.45) is 1.41. The third kappa shape index (κ3) is 5.51. The number of carbonyl (C=O) groups excluding carboxylic acids is 2. The normalized spacial score (nSPS) is 12.7. The van der Waals surface area contributed by atoms with E-state index in [2.05, 4.69) is 10.6 Å². The molecule has 1 aromatic heterocycles. The second-order valence-corrected chi connectivity index (χ2v) is 5.97. The Kier molecular flexibility index (Phi) is 7.28. The molecule has 2 aromatic rings. The third-order valence-electron chi connectivity index (χ3n) is 3.91. The number of nitrogens with one attached hydrogen (secondary N) is 2. The Bertz CT molecular complexity index is 758. The van der Waals surface area contributed by atoms with Gasteiger partial charge in [-0.05, 0) is 57.5 Å². The number of ether oxygens (including phenoxy) is 2. The summed E-state index contributed by atoms with van der Waals surface area (Å²) < 4.78 is 16.2. The van der Waals surface area contributed by atoms with Gasteiger partial charge in [0.2, 0.25) is 5.91 Å². The Labute approximate surface area is 159 Å². The molecule has 2 amide bonds. The lowest BCUT2D eigenvalue weighted by Crippen LogP contribution is -2.45. The summed E-state index contributed by atoms with van der Waals surface area (Å²) in [4.78, 5) is 24.4. The summed E-state index contributed by atoms with van der Waals surface area (Å²) in [6, 6.07) is 7.74. The lowest BCUT2D eigenvalue weighted by Gasteiger charge is -2.20. The van der Waals surface area contributed by atoms with Gasteiger partial charge >= 0.3 is 0 Å². The van der Waals surface area contributed by atoms with Crippen LogP contribution >= 0.6 is 0 Å². The molecule has 1 heterocycles. The number of hydrogen-bond acceptors (Lipinski definition) is 5. The van der Waals surface area contributed by atoms with Crippen LogP contribution in [0, 0.1) is 0 Å². The molecule has 0 bridgehead atoms. The maximum atomic E-state index is 12.4. The number of carbonyl (C=O) groups is 2. The quantitative estimate of drug-likeness (QED) is 0.704. The minimum Gasteiger partial charge on any atom is -0.490 e. The van der Waals surface area contributed by atoms with E-state index in [4.69, 9.17) is 13.9 Å². The van der Waals surface area contributed by atoms with E-state index >= 15 is 0 Å². The first kappa shape index (κ1) is 20.4. The molecular formula is C20H26N2O5. The molecule has 7 nitrogen and oxygen atoms in total. The standard InChI is InChI=1S/C20H26N2O5/c1-5-25-16-10-9-15(12-18(16)26-6-2)13(3)21-19(23)14(4)22-20(24)17-8-7-11-27-17/h7-14H,5-6H2,1-4H3,(H,21,23)(H,22,24). The molecular weight excluding hydrogens is 348 g/mol. The minimum absolute atomic E-state index is 0.163. The monoisotopic (exact) mass is 374 g/mol. The lowest BCUT2D eigenvalue weighted by molar-refractivity contribution is -0.123. The minimum atomic E-state index is -0.709. The topological polar surface area (TPSA) is 89.8 Å². The Hall–Kier alpha value is -2.96. The largest absolute Gasteiger partial charge is 0.490 e. The molecule has 27 heavy (non-hydrogen) atoms. The van der Waals surface area contributed by atoms with Gasteiger partial charge in [0.05, 0.1) is 25.5 Å². The Balaban J connectivity index is 2.00. The maximum Gasteiger partial charge on any atom is 0.287 e. The predicted octanol–water partition coefficient (Wildman–Crippen LogP) is 3.07. The van der Waals surface area contributed by atoms with E-state index in [0.717, 1.165) is 5.56 Å². The molecule has 1 aromatic carbocycles. The van der Waals surface area contributed by atoms with Crippen molar-refractivity contribution < 1.29 is 23.5 Å². The van der Waals surface area contributed by atoms with Gasteiger partial charge in [0, 0.05) is 0 Å². The van der Waals surface area contributed by atoms with Crippen molar-refractivity contribution >= 4 is 11.8 Å². The lowest BCUT2D eigenvalue weighted by atomic mass is 10.1. The maximum absolute atomic E-state index is 12.4. The van der Waals surface area contributed by atoms with Crippen LogP contribution in [-0.2, 0) is 4.79 Å². The summed E-state index contributed by atoms with van der Waals surface area (Å²) in [5, 5.41) is 5.49. The first-order valence-corrected chi connectivity index (χ1v) is 9.00. The van der Waals surface area contributed by atoms with Crippen LogP contribution in [0.2, 0.25) is 0 Å². The summed E-state index contributed by atoms with van der Waals surface area (Å²) in [5.41, 5.74) is 0.875. The fourth-order valence-corrected chi connectivity index (χ4v) is 2.50. The van der Waals surface area contributed by atoms with Crippen LogP contribution in [0.1, 0.15) is 49.9 Å². The van der Waals surface area contributed by atoms with E-state index in [9.17, 15) is 9.59 Å². The van der Waals surface area contributed by atoms with Crippen LogP contribution in [0.4, 0.5) is 0 Å². The average Bonchev–Trinajstić information content (AvgIpc) is 3.18. The number of hydrogen-bond donors (Lipinski definition) is 2. The van der Waals surface area contributed by atoms with Gasteiger partial charge in [0.25, 0.3) is 5.91 Å². The Morgan fingerprint density at radius 3 is 2.37 bits per heavy atom. The smallest absolute Gasteiger partial charge is 0.287 e. The fraction of sp³-hybridized carbons (Fsp3) is 0.400. The van der Waals surface area contributed by atoms with E-state index < -0.39 is 11.9 Å². The number of rotatable bonds is 9. The number of benzene rings is 1. The second-order valence-electron chi connectivity index (χ2n) is 5.97. The summed E-state index contributed by atoms with van der Waals surface area (Å²) in [7, 11) is 0. The highest BCUT2D eigenvalue weighted by Crippen LogP contribution is 2.30. The first-order chi connectivity index (χ1) is 13.0. The van der Waals surface area contributed by atoms with Crippen molar-refractivity contribution in [1.82, 2.24) is 10.6 Å². The van der Waals surface area contributed by atoms with Crippen LogP contribution in [0.25, 0.3) is 0 Å². The highest BCUT2D eigenvalue weighted by atomic mass is 16.5. The molecule has 0 saturated heterocycles. The molecule has 0 aliphatic rings. The van der Waals surface area contributed by atoms with Crippen molar-refractivity contribution in [3.63, 3.8) is 0 Å². The number of furan rings is 1. The zero-order chi connectivity index (χ0) is 19.8. The molecule has 2 rings (SSSR count). The van der Waals surface area contributed by atoms with E-state index in [1.807, 2.05) is 39.0 Å². The number of amides is 2. The van der Waals surface area contributed by atoms with E-state index in [-0.39, 0.29) is 17.7 Å². The van der Waals surface area contributed by atoms with Crippen molar-refractivity contribution in [3.8, 4) is 11.5 Å². The van der Waals surface area contributed by atoms with Gasteiger partial charge in [-0.15, -0.1) is 0 Å². The van der Waals surface area contributed by atoms with E-state index in [1.54, 1.807) is 13.0 Å². The molecule has 7 heteroatoms. The molecule has 0 aliphatic heterocycles. The van der Waals surface area contributed by atoms with Crippen LogP contribution in [-0.4, -0.2) is 31.1 Å². The van der Waals surface area contributed by atoms with E-state index in [0.29, 0.717) is 24.7 Å². The van der Waals surface area contributed by atoms with Crippen molar-refractivity contribution in [2.75, 3.05) is 13.2 Å². The molecule has 0 radical (unpaired) electrons. The van der Waals surface area contributed by atoms with Crippen LogP contribution in [0.15, 0.2) is 41.0 Å². The molecule has 0 saturated carbocycles. The zero-order valence-corrected chi connectivity index (χ0v) is 16.1. The van der Waals surface area contributed by atoms with Gasteiger partial charge in [-0.25, -0.2) is 0 Å². The van der Waals surface area contributed by atoms with Gasteiger partial charge < -0.3 is 24.5 Å². The van der Waals surface area contributed by atoms with Crippen LogP contribution in [0.5, 0.6) is 11.5 Å². The second kappa shape index (κ2) is 9.66. The van der Waals surface area contributed by atoms with Gasteiger partial charge in [0.1, 0.15) is 6.04 Å². The van der Waals surface area contributed by atoms with Crippen molar-refractivity contribution in [3.05, 3.63) is 47.9 Å². The average molecular weight is 374 g/mol. The highest BCUT2D eigenvalue weighted by molar-refractivity contribution is 5.95. The zero-order valence-electron chi connectivity index (χ0n) is 16.1. The third-order valence-corrected chi connectivity index (χ3v) is 3.91. The van der Waals surface area contributed by atoms with E-state index in [1.165, 1.54) is 12.3 Å². The van der Waals surface area contributed by atoms with Gasteiger partial charge in [0.15, 0.2) is 17.3 Å². The molecule has 0 fully saturated rings. The Morgan fingerprint density at radius 2 is 1.74 bits per heavy atom. The summed E-state index contributed by atoms with van der Waals surface area (Å²) >= 11 is 0. The molecule has 0 spiro atoms. The SMILES string of the molecule is CCOc1ccc(C(C)NC(=O)C(C)NC(=O)c2ccco2)cc1OCC. The molecule has 2 atom stereocenters. The summed E-state index contributed by atoms with van der Waals surface area (Å²) in [6.45, 7) is 8.34. The van der Waals surface area contributed by atoms with Crippen LogP contribution < -0.4 is 20.1 Å². The first-order valence-electron chi connectivity index (χ1n) is 9.00. The molecule has 0 aliphatic carbocycles. The highest BCUT2D eigenvalue weighted by Gasteiger charge is 2.20. The summed E-state index contributed by atoms with van der Waals surface area (Å²) in [5.74, 6) is 0.734. The van der Waals surface area contributed by atoms with Crippen molar-refractivity contribution in [2.45, 2.75) is 39.8 Å². The molecule has 2 N–H and O–H groups in total. The molecule has 2 unspecified atom stereocenters. The van der Waals surface area contributed by atoms with Crippen molar-refractivity contribution in [2.24, 2.45) is 0 Å². The predicted molar refractivity (Wildman–Crippen MR) is 101 cm³/mol. The molecule has 146 valence electrons. The van der Waals surface area contributed by atoms with Gasteiger partial charge in [-0.2, -0.15) is 0 Å². The Morgan fingerprint density at radius 1 is 1.04 bits per heavy atom. The van der Waals surface area contributed by atoms with Gasteiger partial charge in [-0.3, -0.25) is 9.59 Å². The van der Waals surface area contributed by atoms with Crippen LogP contribution in [0.3, 0.4) is 0 Å². The van der Waals surface area contributed by atoms with Crippen molar-refractivity contribution in [1.29, 1.82) is 0 Å². The fourth-order valence-electron chi connectivity index (χ4n) is 2.50.